The summed E-state index contributed by atoms with van der Waals surface area (Å²) in [6.07, 6.45) is 10.5. The van der Waals surface area contributed by atoms with Gasteiger partial charge in [0.1, 0.15) is 11.4 Å². The lowest BCUT2D eigenvalue weighted by Crippen LogP contribution is -2.63. The Hall–Kier alpha value is -2.61. The highest BCUT2D eigenvalue weighted by Crippen LogP contribution is 2.50. The summed E-state index contributed by atoms with van der Waals surface area (Å²) in [6.45, 7) is 9.76. The van der Waals surface area contributed by atoms with E-state index in [-0.39, 0.29) is 5.41 Å². The van der Waals surface area contributed by atoms with Crippen LogP contribution >= 0.6 is 0 Å². The topological polar surface area (TPSA) is 76.3 Å². The van der Waals surface area contributed by atoms with E-state index in [1.54, 1.807) is 0 Å². The average Bonchev–Trinajstić information content (AvgIpc) is 3.63. The SMILES string of the molecule is CC(C)c1ccc([C@](O)(c2cncc(-c3nc(C4CCOCC4)n(C4CCCC4)n3)c2)C2(C)CN(C)C2)cc1. The molecule has 0 unspecified atom stereocenters. The maximum Gasteiger partial charge on any atom is 0.182 e. The van der Waals surface area contributed by atoms with Gasteiger partial charge in [-0.15, -0.1) is 0 Å². The third-order valence-electron chi connectivity index (χ3n) is 9.44. The Balaban J connectivity index is 1.42. The van der Waals surface area contributed by atoms with Crippen molar-refractivity contribution in [1.29, 1.82) is 0 Å². The Labute approximate surface area is 232 Å². The lowest BCUT2D eigenvalue weighted by molar-refractivity contribution is -0.127. The maximum atomic E-state index is 12.7. The molecule has 2 saturated heterocycles. The van der Waals surface area contributed by atoms with Crippen LogP contribution in [0, 0.1) is 5.41 Å². The molecule has 4 heterocycles. The van der Waals surface area contributed by atoms with Gasteiger partial charge >= 0.3 is 0 Å². The molecule has 0 bridgehead atoms. The standard InChI is InChI=1S/C32H43N5O2/c1-22(2)23-9-11-26(12-10-23)32(38,31(3)20-36(4)21-31)27-17-25(18-33-19-27)29-34-30(24-13-15-39-16-14-24)37(35-29)28-7-5-6-8-28/h9-12,17-19,22,24,28,38H,5-8,13-16,20-21H2,1-4H3/t32-/m0/s1. The quantitative estimate of drug-likeness (QED) is 0.426. The molecule has 1 saturated carbocycles. The first kappa shape index (κ1) is 26.6. The highest BCUT2D eigenvalue weighted by molar-refractivity contribution is 5.56. The number of likely N-dealkylation sites (tertiary alicyclic amines) is 1. The van der Waals surface area contributed by atoms with Gasteiger partial charge in [-0.1, -0.05) is 57.9 Å². The van der Waals surface area contributed by atoms with Gasteiger partial charge in [0.2, 0.25) is 0 Å². The molecule has 208 valence electrons. The zero-order valence-corrected chi connectivity index (χ0v) is 23.9. The summed E-state index contributed by atoms with van der Waals surface area (Å²) >= 11 is 0. The second-order valence-electron chi connectivity index (χ2n) is 12.7. The monoisotopic (exact) mass is 529 g/mol. The summed E-state index contributed by atoms with van der Waals surface area (Å²) in [7, 11) is 2.11. The van der Waals surface area contributed by atoms with E-state index in [9.17, 15) is 5.11 Å². The molecule has 3 fully saturated rings. The predicted molar refractivity (Wildman–Crippen MR) is 153 cm³/mol. The molecule has 3 aromatic rings. The smallest absolute Gasteiger partial charge is 0.182 e. The normalized spacial score (nSPS) is 22.2. The highest BCUT2D eigenvalue weighted by atomic mass is 16.5. The number of hydrogen-bond acceptors (Lipinski definition) is 6. The van der Waals surface area contributed by atoms with E-state index in [4.69, 9.17) is 14.8 Å². The summed E-state index contributed by atoms with van der Waals surface area (Å²) in [5, 5.41) is 17.8. The molecule has 0 spiro atoms. The maximum absolute atomic E-state index is 12.7. The molecule has 0 amide bonds. The molecule has 2 aromatic heterocycles. The van der Waals surface area contributed by atoms with Crippen LogP contribution in [0.2, 0.25) is 0 Å². The van der Waals surface area contributed by atoms with Crippen LogP contribution in [0.3, 0.4) is 0 Å². The van der Waals surface area contributed by atoms with E-state index in [0.29, 0.717) is 23.7 Å². The van der Waals surface area contributed by atoms with Gasteiger partial charge in [-0.3, -0.25) is 4.98 Å². The number of hydrogen-bond donors (Lipinski definition) is 1. The van der Waals surface area contributed by atoms with Crippen molar-refractivity contribution < 1.29 is 9.84 Å². The summed E-state index contributed by atoms with van der Waals surface area (Å²) in [5.74, 6) is 2.62. The van der Waals surface area contributed by atoms with E-state index in [1.807, 2.05) is 12.4 Å². The summed E-state index contributed by atoms with van der Waals surface area (Å²) in [4.78, 5) is 12.1. The molecule has 39 heavy (non-hydrogen) atoms. The summed E-state index contributed by atoms with van der Waals surface area (Å²) < 4.78 is 7.88. The van der Waals surface area contributed by atoms with Gasteiger partial charge < -0.3 is 14.7 Å². The lowest BCUT2D eigenvalue weighted by atomic mass is 9.62. The van der Waals surface area contributed by atoms with E-state index < -0.39 is 5.60 Å². The molecule has 6 rings (SSSR count). The Morgan fingerprint density at radius 2 is 1.69 bits per heavy atom. The lowest BCUT2D eigenvalue weighted by Gasteiger charge is -2.55. The number of ether oxygens (including phenoxy) is 1. The molecule has 1 atom stereocenters. The fourth-order valence-corrected chi connectivity index (χ4v) is 7.22. The largest absolute Gasteiger partial charge is 0.381 e. The van der Waals surface area contributed by atoms with Crippen LogP contribution in [0.25, 0.3) is 11.4 Å². The van der Waals surface area contributed by atoms with Crippen LogP contribution in [0.5, 0.6) is 0 Å². The van der Waals surface area contributed by atoms with Crippen molar-refractivity contribution in [2.45, 2.75) is 82.8 Å². The first-order valence-electron chi connectivity index (χ1n) is 14.8. The van der Waals surface area contributed by atoms with Crippen LogP contribution < -0.4 is 0 Å². The number of nitrogens with zero attached hydrogens (tertiary/aromatic N) is 5. The average molecular weight is 530 g/mol. The minimum Gasteiger partial charge on any atom is -0.381 e. The molecule has 2 aliphatic heterocycles. The van der Waals surface area contributed by atoms with Gasteiger partial charge in [-0.05, 0) is 55.8 Å². The number of pyridine rings is 1. The Morgan fingerprint density at radius 3 is 2.33 bits per heavy atom. The molecule has 7 heteroatoms. The molecule has 7 nitrogen and oxygen atoms in total. The van der Waals surface area contributed by atoms with E-state index in [1.165, 1.54) is 18.4 Å². The molecule has 1 aliphatic carbocycles. The van der Waals surface area contributed by atoms with E-state index >= 15 is 0 Å². The number of aromatic nitrogens is 4. The van der Waals surface area contributed by atoms with Gasteiger partial charge in [0.25, 0.3) is 0 Å². The molecular formula is C32H43N5O2. The second-order valence-corrected chi connectivity index (χ2v) is 12.7. The van der Waals surface area contributed by atoms with Crippen molar-refractivity contribution in [3.05, 3.63) is 65.2 Å². The fourth-order valence-electron chi connectivity index (χ4n) is 7.22. The first-order valence-corrected chi connectivity index (χ1v) is 14.8. The van der Waals surface area contributed by atoms with Gasteiger partial charge in [0.05, 0.1) is 6.04 Å². The van der Waals surface area contributed by atoms with Crippen molar-refractivity contribution in [2.24, 2.45) is 5.41 Å². The van der Waals surface area contributed by atoms with Crippen molar-refractivity contribution in [3.8, 4) is 11.4 Å². The molecular weight excluding hydrogens is 486 g/mol. The van der Waals surface area contributed by atoms with Gasteiger partial charge in [0, 0.05) is 61.2 Å². The third-order valence-corrected chi connectivity index (χ3v) is 9.44. The minimum absolute atomic E-state index is 0.342. The zero-order valence-electron chi connectivity index (χ0n) is 23.9. The molecule has 1 aromatic carbocycles. The number of benzene rings is 1. The Kier molecular flexibility index (Phi) is 7.11. The first-order chi connectivity index (χ1) is 18.8. The van der Waals surface area contributed by atoms with Crippen molar-refractivity contribution in [2.75, 3.05) is 33.4 Å². The number of aliphatic hydroxyl groups is 1. The van der Waals surface area contributed by atoms with Crippen molar-refractivity contribution >= 4 is 0 Å². The van der Waals surface area contributed by atoms with Crippen LogP contribution in [-0.4, -0.2) is 63.1 Å². The molecule has 1 N–H and O–H groups in total. The fraction of sp³-hybridized carbons (Fsp3) is 0.594. The number of rotatable bonds is 7. The van der Waals surface area contributed by atoms with Gasteiger partial charge in [-0.2, -0.15) is 5.10 Å². The Bertz CT molecular complexity index is 1280. The Morgan fingerprint density at radius 1 is 1.00 bits per heavy atom. The molecule has 0 radical (unpaired) electrons. The van der Waals surface area contributed by atoms with Crippen molar-refractivity contribution in [1.82, 2.24) is 24.6 Å². The van der Waals surface area contributed by atoms with Gasteiger partial charge in [0.15, 0.2) is 5.82 Å². The van der Waals surface area contributed by atoms with Crippen LogP contribution in [0.15, 0.2) is 42.7 Å². The second kappa shape index (κ2) is 10.4. The van der Waals surface area contributed by atoms with Crippen molar-refractivity contribution in [3.63, 3.8) is 0 Å². The zero-order chi connectivity index (χ0) is 27.2. The van der Waals surface area contributed by atoms with Crippen LogP contribution in [0.4, 0.5) is 0 Å². The van der Waals surface area contributed by atoms with E-state index in [2.05, 4.69) is 72.7 Å². The van der Waals surface area contributed by atoms with Crippen LogP contribution in [-0.2, 0) is 10.3 Å². The van der Waals surface area contributed by atoms with E-state index in [0.717, 1.165) is 74.5 Å². The molecule has 3 aliphatic rings. The minimum atomic E-state index is -1.18. The van der Waals surface area contributed by atoms with Gasteiger partial charge in [-0.25, -0.2) is 9.67 Å². The van der Waals surface area contributed by atoms with Crippen LogP contribution in [0.1, 0.15) is 99.7 Å². The highest BCUT2D eigenvalue weighted by Gasteiger charge is 2.55. The summed E-state index contributed by atoms with van der Waals surface area (Å²) in [5.41, 5.74) is 2.32. The third kappa shape index (κ3) is 4.72. The summed E-state index contributed by atoms with van der Waals surface area (Å²) in [6, 6.07) is 11.0. The predicted octanol–water partition coefficient (Wildman–Crippen LogP) is 5.66.